The van der Waals surface area contributed by atoms with Gasteiger partial charge in [-0.25, -0.2) is 4.98 Å². The molecule has 0 fully saturated rings. The third-order valence-corrected chi connectivity index (χ3v) is 3.35. The molecule has 0 spiro atoms. The van der Waals surface area contributed by atoms with Crippen LogP contribution in [-0.4, -0.2) is 4.98 Å². The van der Waals surface area contributed by atoms with E-state index in [1.54, 1.807) is 11.3 Å². The highest BCUT2D eigenvalue weighted by atomic mass is 32.1. The largest absolute Gasteiger partial charge is 0.249 e. The summed E-state index contributed by atoms with van der Waals surface area (Å²) in [6.45, 7) is 8.23. The topological polar surface area (TPSA) is 12.9 Å². The predicted molar refractivity (Wildman–Crippen MR) is 73.0 cm³/mol. The van der Waals surface area contributed by atoms with Crippen molar-refractivity contribution in [2.24, 2.45) is 0 Å². The van der Waals surface area contributed by atoms with Gasteiger partial charge in [-0.1, -0.05) is 45.0 Å². The van der Waals surface area contributed by atoms with Crippen LogP contribution in [0.5, 0.6) is 0 Å². The van der Waals surface area contributed by atoms with Crippen LogP contribution in [0.25, 0.3) is 10.4 Å². The molecular weight excluding hydrogens is 214 g/mol. The Morgan fingerprint density at radius 3 is 2.19 bits per heavy atom. The van der Waals surface area contributed by atoms with Gasteiger partial charge in [0, 0.05) is 0 Å². The van der Waals surface area contributed by atoms with Gasteiger partial charge in [-0.05, 0) is 24.5 Å². The van der Waals surface area contributed by atoms with Gasteiger partial charge < -0.3 is 0 Å². The maximum absolute atomic E-state index is 4.25. The van der Waals surface area contributed by atoms with E-state index in [0.29, 0.717) is 0 Å². The van der Waals surface area contributed by atoms with Gasteiger partial charge in [0.2, 0.25) is 0 Å². The van der Waals surface area contributed by atoms with Gasteiger partial charge in [-0.3, -0.25) is 0 Å². The second-order valence-electron chi connectivity index (χ2n) is 3.32. The number of hydrogen-bond donors (Lipinski definition) is 0. The van der Waals surface area contributed by atoms with Gasteiger partial charge in [0.1, 0.15) is 0 Å². The maximum atomic E-state index is 4.25. The van der Waals surface area contributed by atoms with Crippen LogP contribution in [0.1, 0.15) is 32.0 Å². The standard InChI is InChI=1S/C12H13NS.C2H6/c1-3-10-4-6-11(7-5-10)12-9(2)13-8-14-12;1-2/h4-8H,3H2,1-2H3;1-2H3. The fourth-order valence-electron chi connectivity index (χ4n) is 1.47. The molecular formula is C14H19NS. The van der Waals surface area contributed by atoms with Gasteiger partial charge in [0.05, 0.1) is 16.1 Å². The molecule has 0 saturated heterocycles. The first-order valence-electron chi connectivity index (χ1n) is 5.80. The maximum Gasteiger partial charge on any atom is 0.0801 e. The third kappa shape index (κ3) is 2.92. The minimum absolute atomic E-state index is 1.10. The Labute approximate surface area is 102 Å². The average Bonchev–Trinajstić information content (AvgIpc) is 2.78. The molecule has 2 aromatic rings. The molecule has 0 saturated carbocycles. The van der Waals surface area contributed by atoms with Crippen LogP contribution in [-0.2, 0) is 6.42 Å². The molecule has 0 atom stereocenters. The molecule has 0 radical (unpaired) electrons. The molecule has 0 aliphatic carbocycles. The van der Waals surface area contributed by atoms with E-state index in [2.05, 4.69) is 43.1 Å². The van der Waals surface area contributed by atoms with Crippen molar-refractivity contribution in [1.82, 2.24) is 4.98 Å². The quantitative estimate of drug-likeness (QED) is 0.732. The Morgan fingerprint density at radius 1 is 1.12 bits per heavy atom. The van der Waals surface area contributed by atoms with E-state index in [9.17, 15) is 0 Å². The predicted octanol–water partition coefficient (Wildman–Crippen LogP) is 4.71. The fraction of sp³-hybridized carbons (Fsp3) is 0.357. The van der Waals surface area contributed by atoms with E-state index in [1.165, 1.54) is 16.0 Å². The Kier molecular flexibility index (Phi) is 5.20. The molecule has 0 N–H and O–H groups in total. The van der Waals surface area contributed by atoms with Crippen LogP contribution in [0.2, 0.25) is 0 Å². The number of nitrogens with zero attached hydrogens (tertiary/aromatic N) is 1. The first kappa shape index (κ1) is 12.9. The summed E-state index contributed by atoms with van der Waals surface area (Å²) in [5.41, 5.74) is 5.69. The molecule has 16 heavy (non-hydrogen) atoms. The Balaban J connectivity index is 0.000000606. The molecule has 0 aliphatic rings. The first-order chi connectivity index (χ1) is 7.81. The third-order valence-electron chi connectivity index (χ3n) is 2.37. The summed E-state index contributed by atoms with van der Waals surface area (Å²) < 4.78 is 0. The van der Waals surface area contributed by atoms with Crippen molar-refractivity contribution in [3.05, 3.63) is 41.0 Å². The van der Waals surface area contributed by atoms with Gasteiger partial charge in [0.15, 0.2) is 0 Å². The number of rotatable bonds is 2. The van der Waals surface area contributed by atoms with Gasteiger partial charge in [0.25, 0.3) is 0 Å². The summed E-state index contributed by atoms with van der Waals surface area (Å²) in [4.78, 5) is 5.54. The summed E-state index contributed by atoms with van der Waals surface area (Å²) in [5.74, 6) is 0. The number of thiazole rings is 1. The summed E-state index contributed by atoms with van der Waals surface area (Å²) >= 11 is 1.70. The molecule has 1 aromatic heterocycles. The zero-order valence-corrected chi connectivity index (χ0v) is 11.3. The zero-order chi connectivity index (χ0) is 12.0. The molecule has 1 nitrogen and oxygen atoms in total. The lowest BCUT2D eigenvalue weighted by Crippen LogP contribution is -1.81. The zero-order valence-electron chi connectivity index (χ0n) is 10.4. The summed E-state index contributed by atoms with van der Waals surface area (Å²) in [6.07, 6.45) is 1.10. The highest BCUT2D eigenvalue weighted by Gasteiger charge is 2.03. The molecule has 0 unspecified atom stereocenters. The summed E-state index contributed by atoms with van der Waals surface area (Å²) in [7, 11) is 0. The van der Waals surface area contributed by atoms with Gasteiger partial charge in [-0.15, -0.1) is 11.3 Å². The molecule has 0 aliphatic heterocycles. The first-order valence-corrected chi connectivity index (χ1v) is 6.68. The highest BCUT2D eigenvalue weighted by Crippen LogP contribution is 2.27. The second-order valence-corrected chi connectivity index (χ2v) is 4.17. The Hall–Kier alpha value is -1.15. The molecule has 1 aromatic carbocycles. The summed E-state index contributed by atoms with van der Waals surface area (Å²) in [5, 5.41) is 0. The van der Waals surface area contributed by atoms with E-state index in [4.69, 9.17) is 0 Å². The van der Waals surface area contributed by atoms with E-state index >= 15 is 0 Å². The molecule has 0 amide bonds. The van der Waals surface area contributed by atoms with Crippen LogP contribution in [0.15, 0.2) is 29.8 Å². The van der Waals surface area contributed by atoms with Crippen molar-refractivity contribution in [2.75, 3.05) is 0 Å². The molecule has 86 valence electrons. The number of hydrogen-bond acceptors (Lipinski definition) is 2. The van der Waals surface area contributed by atoms with E-state index in [-0.39, 0.29) is 0 Å². The second kappa shape index (κ2) is 6.44. The van der Waals surface area contributed by atoms with E-state index in [1.807, 2.05) is 19.4 Å². The molecule has 2 heteroatoms. The van der Waals surface area contributed by atoms with Gasteiger partial charge >= 0.3 is 0 Å². The van der Waals surface area contributed by atoms with Crippen molar-refractivity contribution < 1.29 is 0 Å². The van der Waals surface area contributed by atoms with Crippen molar-refractivity contribution in [3.63, 3.8) is 0 Å². The Bertz CT molecular complexity index is 415. The highest BCUT2D eigenvalue weighted by molar-refractivity contribution is 7.13. The lowest BCUT2D eigenvalue weighted by atomic mass is 10.1. The van der Waals surface area contributed by atoms with Crippen LogP contribution in [0.4, 0.5) is 0 Å². The number of benzene rings is 1. The monoisotopic (exact) mass is 233 g/mol. The molecule has 1 heterocycles. The van der Waals surface area contributed by atoms with E-state index in [0.717, 1.165) is 12.1 Å². The SMILES string of the molecule is CC.CCc1ccc(-c2scnc2C)cc1. The normalized spacial score (nSPS) is 9.50. The lowest BCUT2D eigenvalue weighted by Gasteiger charge is -2.00. The molecule has 0 bridgehead atoms. The van der Waals surface area contributed by atoms with Crippen molar-refractivity contribution in [2.45, 2.75) is 34.1 Å². The smallest absolute Gasteiger partial charge is 0.0801 e. The molecule has 2 rings (SSSR count). The van der Waals surface area contributed by atoms with Crippen LogP contribution >= 0.6 is 11.3 Å². The van der Waals surface area contributed by atoms with Crippen molar-refractivity contribution >= 4 is 11.3 Å². The Morgan fingerprint density at radius 2 is 1.75 bits per heavy atom. The number of aromatic nitrogens is 1. The van der Waals surface area contributed by atoms with Crippen LogP contribution in [0, 0.1) is 6.92 Å². The summed E-state index contributed by atoms with van der Waals surface area (Å²) in [6, 6.07) is 8.74. The number of aryl methyl sites for hydroxylation is 2. The minimum Gasteiger partial charge on any atom is -0.249 e. The van der Waals surface area contributed by atoms with Gasteiger partial charge in [-0.2, -0.15) is 0 Å². The lowest BCUT2D eigenvalue weighted by molar-refractivity contribution is 1.14. The van der Waals surface area contributed by atoms with Crippen LogP contribution in [0.3, 0.4) is 0 Å². The van der Waals surface area contributed by atoms with E-state index < -0.39 is 0 Å². The minimum atomic E-state index is 1.10. The fourth-order valence-corrected chi connectivity index (χ4v) is 2.28. The van der Waals surface area contributed by atoms with Crippen molar-refractivity contribution in [1.29, 1.82) is 0 Å². The van der Waals surface area contributed by atoms with Crippen molar-refractivity contribution in [3.8, 4) is 10.4 Å². The average molecular weight is 233 g/mol. The van der Waals surface area contributed by atoms with Crippen LogP contribution < -0.4 is 0 Å².